The highest BCUT2D eigenvalue weighted by atomic mass is 19.1. The summed E-state index contributed by atoms with van der Waals surface area (Å²) in [6.45, 7) is 4.46. The number of alkyl halides is 1. The van der Waals surface area contributed by atoms with E-state index in [2.05, 4.69) is 0 Å². The molecule has 0 bridgehead atoms. The molecule has 0 aromatic rings. The molecular formula is C23H31FO6. The lowest BCUT2D eigenvalue weighted by Crippen LogP contribution is -2.63. The highest BCUT2D eigenvalue weighted by Gasteiger charge is 2.69. The van der Waals surface area contributed by atoms with Crippen molar-refractivity contribution in [2.24, 2.45) is 28.6 Å². The first-order valence-electron chi connectivity index (χ1n) is 10.9. The van der Waals surface area contributed by atoms with Crippen LogP contribution in [0.25, 0.3) is 0 Å². The second-order valence-electron chi connectivity index (χ2n) is 10.3. The maximum atomic E-state index is 15.3. The van der Waals surface area contributed by atoms with Crippen molar-refractivity contribution in [2.45, 2.75) is 77.2 Å². The Morgan fingerprint density at radius 2 is 2.00 bits per heavy atom. The molecule has 0 radical (unpaired) electrons. The zero-order chi connectivity index (χ0) is 22.1. The summed E-state index contributed by atoms with van der Waals surface area (Å²) in [7, 11) is 0. The van der Waals surface area contributed by atoms with Gasteiger partial charge in [-0.25, -0.2) is 4.39 Å². The topological polar surface area (TPSA) is 101 Å². The molecule has 4 aliphatic rings. The molecule has 4 aliphatic carbocycles. The van der Waals surface area contributed by atoms with Crippen molar-refractivity contribution in [1.29, 1.82) is 0 Å². The van der Waals surface area contributed by atoms with E-state index < -0.39 is 47.1 Å². The molecule has 4 rings (SSSR count). The van der Waals surface area contributed by atoms with E-state index in [0.29, 0.717) is 24.8 Å². The predicted octanol–water partition coefficient (Wildman–Crippen LogP) is 2.30. The Kier molecular flexibility index (Phi) is 5.01. The molecule has 30 heavy (non-hydrogen) atoms. The van der Waals surface area contributed by atoms with Gasteiger partial charge in [0.1, 0.15) is 11.8 Å². The second kappa shape index (κ2) is 6.95. The molecule has 2 N–H and O–H groups in total. The molecule has 0 aromatic heterocycles. The molecule has 0 aromatic carbocycles. The molecule has 0 spiro atoms. The lowest BCUT2D eigenvalue weighted by Gasteiger charge is -2.61. The number of hydrogen-bond donors (Lipinski definition) is 2. The van der Waals surface area contributed by atoms with Gasteiger partial charge in [-0.15, -0.1) is 0 Å². The van der Waals surface area contributed by atoms with E-state index in [9.17, 15) is 24.6 Å². The highest BCUT2D eigenvalue weighted by molar-refractivity contribution is 5.92. The number of hydrogen-bond acceptors (Lipinski definition) is 6. The number of esters is 1. The number of carbonyl (C=O) groups is 3. The normalized spacial score (nSPS) is 47.6. The smallest absolute Gasteiger partial charge is 0.303 e. The van der Waals surface area contributed by atoms with Gasteiger partial charge in [-0.05, 0) is 66.9 Å². The number of aliphatic hydroxyl groups is 2. The summed E-state index contributed by atoms with van der Waals surface area (Å²) in [6, 6.07) is 0. The molecule has 6 nitrogen and oxygen atoms in total. The molecule has 0 saturated heterocycles. The Morgan fingerprint density at radius 1 is 1.30 bits per heavy atom. The maximum Gasteiger partial charge on any atom is 0.303 e. The first kappa shape index (κ1) is 21.6. The SMILES string of the molecule is CC(=O)OCC(=O)[C@]1(O)CC[C@H]2[C@@H]3C[C@H](F)C4=CC(=O)CC[C@]4(C)[C@H]3[C@H](O)C[C@@]21C. The Morgan fingerprint density at radius 3 is 2.67 bits per heavy atom. The third-order valence-corrected chi connectivity index (χ3v) is 8.89. The minimum absolute atomic E-state index is 0.0648. The average molecular weight is 422 g/mol. The van der Waals surface area contributed by atoms with Crippen molar-refractivity contribution in [3.63, 3.8) is 0 Å². The minimum Gasteiger partial charge on any atom is -0.458 e. The Bertz CT molecular complexity index is 823. The van der Waals surface area contributed by atoms with Crippen LogP contribution in [-0.2, 0) is 19.1 Å². The first-order valence-corrected chi connectivity index (χ1v) is 10.9. The van der Waals surface area contributed by atoms with Crippen molar-refractivity contribution in [1.82, 2.24) is 0 Å². The quantitative estimate of drug-likeness (QED) is 0.677. The van der Waals surface area contributed by atoms with Gasteiger partial charge in [0.25, 0.3) is 0 Å². The van der Waals surface area contributed by atoms with Crippen LogP contribution >= 0.6 is 0 Å². The van der Waals surface area contributed by atoms with Gasteiger partial charge in [0, 0.05) is 18.8 Å². The van der Waals surface area contributed by atoms with Crippen LogP contribution < -0.4 is 0 Å². The van der Waals surface area contributed by atoms with Crippen molar-refractivity contribution >= 4 is 17.5 Å². The van der Waals surface area contributed by atoms with E-state index in [1.807, 2.05) is 6.92 Å². The lowest BCUT2D eigenvalue weighted by molar-refractivity contribution is -0.186. The second-order valence-corrected chi connectivity index (χ2v) is 10.3. The number of fused-ring (bicyclic) bond motifs is 5. The lowest BCUT2D eigenvalue weighted by atomic mass is 9.45. The van der Waals surface area contributed by atoms with Crippen molar-refractivity contribution in [3.05, 3.63) is 11.6 Å². The summed E-state index contributed by atoms with van der Waals surface area (Å²) < 4.78 is 20.1. The minimum atomic E-state index is -1.72. The zero-order valence-corrected chi connectivity index (χ0v) is 17.8. The highest BCUT2D eigenvalue weighted by Crippen LogP contribution is 2.67. The molecule has 3 fully saturated rings. The van der Waals surface area contributed by atoms with E-state index in [1.165, 1.54) is 13.0 Å². The Balaban J connectivity index is 1.69. The number of halogens is 1. The first-order chi connectivity index (χ1) is 13.9. The number of aliphatic hydroxyl groups excluding tert-OH is 1. The van der Waals surface area contributed by atoms with Gasteiger partial charge in [-0.2, -0.15) is 0 Å². The van der Waals surface area contributed by atoms with Crippen LogP contribution in [0, 0.1) is 28.6 Å². The fraction of sp³-hybridized carbons (Fsp3) is 0.783. The van der Waals surface area contributed by atoms with Crippen LogP contribution in [0.15, 0.2) is 11.6 Å². The molecule has 0 unspecified atom stereocenters. The maximum absolute atomic E-state index is 15.3. The van der Waals surface area contributed by atoms with Gasteiger partial charge in [-0.1, -0.05) is 13.8 Å². The Hall–Kier alpha value is -1.60. The number of carbonyl (C=O) groups excluding carboxylic acids is 3. The van der Waals surface area contributed by atoms with Gasteiger partial charge in [-0.3, -0.25) is 14.4 Å². The number of ether oxygens (including phenoxy) is 1. The summed E-state index contributed by atoms with van der Waals surface area (Å²) in [5, 5.41) is 22.7. The number of ketones is 2. The number of Topliss-reactive ketones (excluding diaryl/α,β-unsaturated/α-hetero) is 1. The van der Waals surface area contributed by atoms with Crippen molar-refractivity contribution in [3.8, 4) is 0 Å². The third-order valence-electron chi connectivity index (χ3n) is 8.89. The van der Waals surface area contributed by atoms with E-state index in [0.717, 1.165) is 0 Å². The summed E-state index contributed by atoms with van der Waals surface area (Å²) in [5.74, 6) is -1.76. The number of allylic oxidation sites excluding steroid dienone is 1. The Labute approximate surface area is 175 Å². The fourth-order valence-electron chi connectivity index (χ4n) is 7.44. The van der Waals surface area contributed by atoms with Crippen LogP contribution in [0.4, 0.5) is 4.39 Å². The van der Waals surface area contributed by atoms with Gasteiger partial charge in [0.05, 0.1) is 6.10 Å². The molecule has 3 saturated carbocycles. The predicted molar refractivity (Wildman–Crippen MR) is 105 cm³/mol. The van der Waals surface area contributed by atoms with Gasteiger partial charge in [0.2, 0.25) is 5.78 Å². The van der Waals surface area contributed by atoms with E-state index in [4.69, 9.17) is 4.74 Å². The van der Waals surface area contributed by atoms with Crippen LogP contribution in [0.5, 0.6) is 0 Å². The molecule has 166 valence electrons. The average Bonchev–Trinajstić information content (AvgIpc) is 2.93. The molecular weight excluding hydrogens is 391 g/mol. The molecule has 0 aliphatic heterocycles. The summed E-state index contributed by atoms with van der Waals surface area (Å²) >= 11 is 0. The van der Waals surface area contributed by atoms with Crippen LogP contribution in [0.1, 0.15) is 59.3 Å². The van der Waals surface area contributed by atoms with Crippen molar-refractivity contribution in [2.75, 3.05) is 6.61 Å². The fourth-order valence-corrected chi connectivity index (χ4v) is 7.44. The van der Waals surface area contributed by atoms with E-state index in [1.54, 1.807) is 6.92 Å². The molecule has 0 amide bonds. The largest absolute Gasteiger partial charge is 0.458 e. The monoisotopic (exact) mass is 422 g/mol. The van der Waals surface area contributed by atoms with Crippen molar-refractivity contribution < 1.29 is 33.7 Å². The van der Waals surface area contributed by atoms with Gasteiger partial charge >= 0.3 is 5.97 Å². The molecule has 0 heterocycles. The van der Waals surface area contributed by atoms with Gasteiger partial charge in [0.15, 0.2) is 12.4 Å². The third kappa shape index (κ3) is 2.84. The standard InChI is InChI=1S/C23H31FO6/c1-12(25)30-11-19(28)23(29)7-5-15-14-9-17(24)16-8-13(26)4-6-21(16,2)20(14)18(27)10-22(15,23)3/h8,14-15,17-18,20,27,29H,4-7,9-11H2,1-3H3/t14-,15-,17-,18+,20+,21-,22-,23+/m0/s1. The number of rotatable bonds is 3. The van der Waals surface area contributed by atoms with E-state index in [-0.39, 0.29) is 42.8 Å². The summed E-state index contributed by atoms with van der Waals surface area (Å²) in [5.41, 5.74) is -2.74. The van der Waals surface area contributed by atoms with Crippen LogP contribution in [0.3, 0.4) is 0 Å². The van der Waals surface area contributed by atoms with E-state index >= 15 is 4.39 Å². The zero-order valence-electron chi connectivity index (χ0n) is 17.8. The van der Waals surface area contributed by atoms with Crippen LogP contribution in [-0.4, -0.2) is 52.2 Å². The van der Waals surface area contributed by atoms with Gasteiger partial charge < -0.3 is 14.9 Å². The van der Waals surface area contributed by atoms with Crippen LogP contribution in [0.2, 0.25) is 0 Å². The summed E-state index contributed by atoms with van der Waals surface area (Å²) in [4.78, 5) is 35.9. The molecule has 8 atom stereocenters. The summed E-state index contributed by atoms with van der Waals surface area (Å²) in [6.07, 6.45) is 1.37. The molecule has 7 heteroatoms.